The molecule has 0 spiro atoms. The first-order valence-electron chi connectivity index (χ1n) is 7.99. The van der Waals surface area contributed by atoms with Crippen molar-refractivity contribution in [1.82, 2.24) is 15.0 Å². The van der Waals surface area contributed by atoms with Crippen molar-refractivity contribution in [3.05, 3.63) is 35.9 Å². The first-order chi connectivity index (χ1) is 12.5. The molecular weight excluding hydrogens is 334 g/mol. The maximum atomic E-state index is 12.0. The molecule has 1 fully saturated rings. The van der Waals surface area contributed by atoms with E-state index in [9.17, 15) is 4.79 Å². The average Bonchev–Trinajstić information content (AvgIpc) is 2.65. The van der Waals surface area contributed by atoms with Crippen molar-refractivity contribution >= 4 is 23.3 Å². The number of aromatic nitrogens is 3. The minimum absolute atomic E-state index is 0.0424. The van der Waals surface area contributed by atoms with E-state index in [1.807, 2.05) is 0 Å². The fraction of sp³-hybridized carbons (Fsp3) is 0.333. The van der Waals surface area contributed by atoms with E-state index in [4.69, 9.17) is 15.9 Å². The number of nitrogens with one attached hydrogen (secondary N) is 2. The Balaban J connectivity index is 1.80. The van der Waals surface area contributed by atoms with Crippen LogP contribution in [0.2, 0.25) is 0 Å². The number of methoxy groups -OCH3 is 1. The number of carbonyl (C=O) groups excluding carboxylic acids is 1. The molecule has 0 aliphatic carbocycles. The zero-order valence-electron chi connectivity index (χ0n) is 14.6. The average molecular weight is 353 g/mol. The number of hydrogen-bond acceptors (Lipinski definition) is 8. The number of esters is 1. The van der Waals surface area contributed by atoms with Crippen LogP contribution in [0.1, 0.15) is 23.0 Å². The molecule has 134 valence electrons. The summed E-state index contributed by atoms with van der Waals surface area (Å²) in [4.78, 5) is 24.5. The van der Waals surface area contributed by atoms with Gasteiger partial charge in [0, 0.05) is 24.2 Å². The summed E-state index contributed by atoms with van der Waals surface area (Å²) in [6.07, 6.45) is 9.73. The fourth-order valence-electron chi connectivity index (χ4n) is 2.40. The molecule has 0 unspecified atom stereocenters. The minimum Gasteiger partial charge on any atom is -0.465 e. The standard InChI is InChI=1S/C18H19N5O3/c1-4-12-6-20-16(8-19-12)23-15-5-14(13(7-21-15)17(24)25-3)22-9-18(2)10-26-11-18/h1,5-8H,9-11H2,2-3H3,(H2,20,21,22,23). The van der Waals surface area contributed by atoms with E-state index in [0.717, 1.165) is 0 Å². The summed E-state index contributed by atoms with van der Waals surface area (Å²) < 4.78 is 10.1. The number of pyridine rings is 1. The Morgan fingerprint density at radius 1 is 1.31 bits per heavy atom. The van der Waals surface area contributed by atoms with Crippen molar-refractivity contribution in [2.75, 3.05) is 37.5 Å². The van der Waals surface area contributed by atoms with Crippen molar-refractivity contribution in [3.8, 4) is 12.3 Å². The van der Waals surface area contributed by atoms with Gasteiger partial charge in [-0.2, -0.15) is 0 Å². The lowest BCUT2D eigenvalue weighted by Crippen LogP contribution is -2.45. The van der Waals surface area contributed by atoms with E-state index < -0.39 is 5.97 Å². The molecule has 26 heavy (non-hydrogen) atoms. The van der Waals surface area contributed by atoms with Crippen LogP contribution in [-0.4, -0.2) is 47.8 Å². The molecule has 0 bridgehead atoms. The summed E-state index contributed by atoms with van der Waals surface area (Å²) in [6, 6.07) is 1.73. The molecule has 8 nitrogen and oxygen atoms in total. The van der Waals surface area contributed by atoms with Crippen molar-refractivity contribution in [3.63, 3.8) is 0 Å². The van der Waals surface area contributed by atoms with E-state index in [0.29, 0.717) is 48.3 Å². The van der Waals surface area contributed by atoms with E-state index in [1.54, 1.807) is 6.07 Å². The quantitative estimate of drug-likeness (QED) is 0.599. The molecule has 0 saturated carbocycles. The van der Waals surface area contributed by atoms with Crippen LogP contribution in [0.3, 0.4) is 0 Å². The number of hydrogen-bond donors (Lipinski definition) is 2. The molecule has 3 heterocycles. The van der Waals surface area contributed by atoms with Crippen molar-refractivity contribution in [1.29, 1.82) is 0 Å². The molecule has 2 aromatic rings. The summed E-state index contributed by atoms with van der Waals surface area (Å²) >= 11 is 0. The molecule has 3 rings (SSSR count). The lowest BCUT2D eigenvalue weighted by molar-refractivity contribution is -0.0924. The Hall–Kier alpha value is -3.18. The van der Waals surface area contributed by atoms with Crippen LogP contribution >= 0.6 is 0 Å². The number of nitrogens with zero attached hydrogens (tertiary/aromatic N) is 3. The van der Waals surface area contributed by atoms with E-state index >= 15 is 0 Å². The molecule has 1 aliphatic rings. The van der Waals surface area contributed by atoms with Gasteiger partial charge < -0.3 is 20.1 Å². The highest BCUT2D eigenvalue weighted by atomic mass is 16.5. The lowest BCUT2D eigenvalue weighted by Gasteiger charge is -2.38. The predicted molar refractivity (Wildman–Crippen MR) is 96.2 cm³/mol. The van der Waals surface area contributed by atoms with Crippen molar-refractivity contribution in [2.45, 2.75) is 6.92 Å². The summed E-state index contributed by atoms with van der Waals surface area (Å²) in [5, 5.41) is 6.33. The summed E-state index contributed by atoms with van der Waals surface area (Å²) in [6.45, 7) is 4.14. The molecule has 2 N–H and O–H groups in total. The highest BCUT2D eigenvalue weighted by Crippen LogP contribution is 2.28. The minimum atomic E-state index is -0.459. The second-order valence-electron chi connectivity index (χ2n) is 6.32. The van der Waals surface area contributed by atoms with Gasteiger partial charge in [0.05, 0.1) is 38.4 Å². The topological polar surface area (TPSA) is 98.3 Å². The van der Waals surface area contributed by atoms with Crippen molar-refractivity contribution in [2.24, 2.45) is 5.41 Å². The molecule has 0 atom stereocenters. The predicted octanol–water partition coefficient (Wildman–Crippen LogP) is 1.83. The molecule has 1 saturated heterocycles. The van der Waals surface area contributed by atoms with Crippen LogP contribution in [0.4, 0.5) is 17.3 Å². The van der Waals surface area contributed by atoms with E-state index in [-0.39, 0.29) is 5.41 Å². The first-order valence-corrected chi connectivity index (χ1v) is 7.99. The van der Waals surface area contributed by atoms with Crippen LogP contribution in [0, 0.1) is 17.8 Å². The van der Waals surface area contributed by atoms with Gasteiger partial charge >= 0.3 is 5.97 Å². The smallest absolute Gasteiger partial charge is 0.341 e. The van der Waals surface area contributed by atoms with Crippen LogP contribution in [-0.2, 0) is 9.47 Å². The van der Waals surface area contributed by atoms with Crippen molar-refractivity contribution < 1.29 is 14.3 Å². The number of rotatable bonds is 6. The fourth-order valence-corrected chi connectivity index (χ4v) is 2.40. The second-order valence-corrected chi connectivity index (χ2v) is 6.32. The Morgan fingerprint density at radius 2 is 2.08 bits per heavy atom. The van der Waals surface area contributed by atoms with Gasteiger partial charge in [0.25, 0.3) is 0 Å². The maximum absolute atomic E-state index is 12.0. The van der Waals surface area contributed by atoms with Crippen LogP contribution in [0.15, 0.2) is 24.7 Å². The Bertz CT molecular complexity index is 841. The van der Waals surface area contributed by atoms with E-state index in [1.165, 1.54) is 25.7 Å². The monoisotopic (exact) mass is 353 g/mol. The molecule has 8 heteroatoms. The van der Waals surface area contributed by atoms with Gasteiger partial charge in [-0.1, -0.05) is 6.92 Å². The highest BCUT2D eigenvalue weighted by molar-refractivity contribution is 5.95. The largest absolute Gasteiger partial charge is 0.465 e. The lowest BCUT2D eigenvalue weighted by atomic mass is 9.88. The number of carbonyl (C=O) groups is 1. The zero-order chi connectivity index (χ0) is 18.6. The summed E-state index contributed by atoms with van der Waals surface area (Å²) in [5.74, 6) is 2.95. The Labute approximate surface area is 151 Å². The van der Waals surface area contributed by atoms with Gasteiger partial charge in [-0.3, -0.25) is 0 Å². The van der Waals surface area contributed by atoms with Gasteiger partial charge in [-0.25, -0.2) is 19.7 Å². The normalized spacial score (nSPS) is 14.7. The summed E-state index contributed by atoms with van der Waals surface area (Å²) in [7, 11) is 1.34. The Kier molecular flexibility index (Phi) is 5.00. The highest BCUT2D eigenvalue weighted by Gasteiger charge is 2.33. The third-order valence-corrected chi connectivity index (χ3v) is 3.97. The van der Waals surface area contributed by atoms with Gasteiger partial charge in [-0.05, 0) is 5.92 Å². The molecule has 0 amide bonds. The van der Waals surface area contributed by atoms with Gasteiger partial charge in [0.15, 0.2) is 0 Å². The molecule has 0 aromatic carbocycles. The molecule has 0 radical (unpaired) electrons. The number of ether oxygens (including phenoxy) is 2. The zero-order valence-corrected chi connectivity index (χ0v) is 14.6. The third-order valence-electron chi connectivity index (χ3n) is 3.97. The maximum Gasteiger partial charge on any atom is 0.341 e. The molecule has 2 aromatic heterocycles. The van der Waals surface area contributed by atoms with E-state index in [2.05, 4.69) is 38.4 Å². The SMILES string of the molecule is C#Cc1cnc(Nc2cc(NCC3(C)COC3)c(C(=O)OC)cn2)cn1. The van der Waals surface area contributed by atoms with Crippen LogP contribution < -0.4 is 10.6 Å². The summed E-state index contributed by atoms with van der Waals surface area (Å²) in [5.41, 5.74) is 1.47. The van der Waals surface area contributed by atoms with Gasteiger partial charge in [-0.15, -0.1) is 6.42 Å². The van der Waals surface area contributed by atoms with Crippen LogP contribution in [0.25, 0.3) is 0 Å². The molecule has 1 aliphatic heterocycles. The van der Waals surface area contributed by atoms with Crippen LogP contribution in [0.5, 0.6) is 0 Å². The molecular formula is C18H19N5O3. The number of terminal acetylenes is 1. The number of anilines is 3. The van der Waals surface area contributed by atoms with Gasteiger partial charge in [0.2, 0.25) is 0 Å². The third kappa shape index (κ3) is 3.90. The second kappa shape index (κ2) is 7.37. The van der Waals surface area contributed by atoms with Gasteiger partial charge in [0.1, 0.15) is 22.9 Å². The first kappa shape index (κ1) is 17.6. The Morgan fingerprint density at radius 3 is 2.65 bits per heavy atom.